The number of rotatable bonds is 7. The Bertz CT molecular complexity index is 1540. The first-order valence-electron chi connectivity index (χ1n) is 12.3. The number of aromatic amines is 1. The van der Waals surface area contributed by atoms with E-state index in [1.807, 2.05) is 0 Å². The fraction of sp³-hybridized carbons (Fsp3) is 0.296. The van der Waals surface area contributed by atoms with E-state index in [9.17, 15) is 24.5 Å². The van der Waals surface area contributed by atoms with E-state index in [0.717, 1.165) is 18.4 Å². The number of aryl methyl sites for hydroxylation is 1. The molecule has 2 fully saturated rings. The largest absolute Gasteiger partial charge is 0.374 e. The van der Waals surface area contributed by atoms with E-state index in [0.29, 0.717) is 27.3 Å². The number of aromatic nitrogens is 1. The number of pyridine rings is 1. The summed E-state index contributed by atoms with van der Waals surface area (Å²) in [5.41, 5.74) is 1.07. The Kier molecular flexibility index (Phi) is 7.21. The maximum atomic E-state index is 13.3. The van der Waals surface area contributed by atoms with Crippen molar-refractivity contribution in [2.75, 3.05) is 18.4 Å². The third-order valence-electron chi connectivity index (χ3n) is 7.26. The monoisotopic (exact) mass is 613 g/mol. The molecule has 3 aromatic rings. The topological polar surface area (TPSA) is 137 Å². The highest BCUT2D eigenvalue weighted by Crippen LogP contribution is 2.54. The van der Waals surface area contributed by atoms with Crippen molar-refractivity contribution in [1.29, 1.82) is 0 Å². The summed E-state index contributed by atoms with van der Waals surface area (Å²) in [6.07, 6.45) is 1.68. The molecule has 12 heteroatoms. The molecule has 2 heterocycles. The zero-order valence-corrected chi connectivity index (χ0v) is 23.3. The van der Waals surface area contributed by atoms with Gasteiger partial charge in [0.05, 0.1) is 16.5 Å². The highest BCUT2D eigenvalue weighted by molar-refractivity contribution is 9.10. The fourth-order valence-corrected chi connectivity index (χ4v) is 5.67. The first-order chi connectivity index (χ1) is 18.5. The summed E-state index contributed by atoms with van der Waals surface area (Å²) in [6, 6.07) is 12.5. The van der Waals surface area contributed by atoms with Crippen LogP contribution in [0.2, 0.25) is 5.02 Å². The third-order valence-corrected chi connectivity index (χ3v) is 7.97. The summed E-state index contributed by atoms with van der Waals surface area (Å²) < 4.78 is 0.394. The minimum absolute atomic E-state index is 0.106. The van der Waals surface area contributed by atoms with E-state index < -0.39 is 10.8 Å². The van der Waals surface area contributed by atoms with Crippen LogP contribution >= 0.6 is 27.5 Å². The second-order valence-corrected chi connectivity index (χ2v) is 11.4. The van der Waals surface area contributed by atoms with E-state index in [4.69, 9.17) is 11.6 Å². The lowest BCUT2D eigenvalue weighted by atomic mass is 9.99. The van der Waals surface area contributed by atoms with Gasteiger partial charge in [0, 0.05) is 57.9 Å². The van der Waals surface area contributed by atoms with Crippen LogP contribution in [0.5, 0.6) is 0 Å². The second-order valence-electron chi connectivity index (χ2n) is 10.1. The number of amides is 2. The van der Waals surface area contributed by atoms with Gasteiger partial charge in [0.1, 0.15) is 5.69 Å². The molecule has 2 aliphatic rings. The number of hydrogen-bond acceptors (Lipinski definition) is 6. The van der Waals surface area contributed by atoms with Crippen molar-refractivity contribution in [3.05, 3.63) is 101 Å². The summed E-state index contributed by atoms with van der Waals surface area (Å²) in [4.78, 5) is 54.3. The number of likely N-dealkylation sites (tertiary alicyclic amines) is 1. The van der Waals surface area contributed by atoms with Crippen molar-refractivity contribution in [2.24, 2.45) is 5.41 Å². The molecule has 1 atom stereocenters. The molecule has 0 bridgehead atoms. The number of nitro benzene ring substituents is 1. The molecule has 2 aromatic carbocycles. The first-order valence-corrected chi connectivity index (χ1v) is 13.5. The normalized spacial score (nSPS) is 17.2. The molecule has 2 amide bonds. The maximum Gasteiger partial charge on any atom is 0.294 e. The molecule has 1 aliphatic carbocycles. The Morgan fingerprint density at radius 2 is 1.92 bits per heavy atom. The van der Waals surface area contributed by atoms with Gasteiger partial charge in [0.25, 0.3) is 17.5 Å². The highest BCUT2D eigenvalue weighted by Gasteiger charge is 2.56. The first kappa shape index (κ1) is 26.9. The van der Waals surface area contributed by atoms with Crippen LogP contribution in [0.1, 0.15) is 44.8 Å². The van der Waals surface area contributed by atoms with Crippen molar-refractivity contribution in [2.45, 2.75) is 32.4 Å². The minimum Gasteiger partial charge on any atom is -0.374 e. The maximum absolute atomic E-state index is 13.3. The van der Waals surface area contributed by atoms with Gasteiger partial charge in [0.2, 0.25) is 5.56 Å². The molecule has 1 saturated carbocycles. The van der Waals surface area contributed by atoms with Gasteiger partial charge in [-0.15, -0.1) is 0 Å². The molecule has 10 nitrogen and oxygen atoms in total. The van der Waals surface area contributed by atoms with Gasteiger partial charge in [0.15, 0.2) is 0 Å². The van der Waals surface area contributed by atoms with E-state index in [-0.39, 0.29) is 53.0 Å². The average Bonchev–Trinajstić information content (AvgIpc) is 3.58. The van der Waals surface area contributed by atoms with Crippen molar-refractivity contribution in [3.8, 4) is 0 Å². The minimum atomic E-state index is -0.528. The van der Waals surface area contributed by atoms with Gasteiger partial charge >= 0.3 is 0 Å². The van der Waals surface area contributed by atoms with E-state index in [1.54, 1.807) is 48.2 Å². The summed E-state index contributed by atoms with van der Waals surface area (Å²) in [7, 11) is 0. The molecule has 3 N–H and O–H groups in total. The van der Waals surface area contributed by atoms with Gasteiger partial charge in [-0.1, -0.05) is 39.7 Å². The van der Waals surface area contributed by atoms with Crippen LogP contribution in [0.15, 0.2) is 57.8 Å². The second kappa shape index (κ2) is 10.5. The summed E-state index contributed by atoms with van der Waals surface area (Å²) >= 11 is 9.23. The number of halogens is 2. The number of nitro groups is 1. The molecule has 39 heavy (non-hydrogen) atoms. The van der Waals surface area contributed by atoms with Gasteiger partial charge in [-0.25, -0.2) is 0 Å². The number of benzene rings is 2. The molecule has 1 aliphatic heterocycles. The summed E-state index contributed by atoms with van der Waals surface area (Å²) in [5.74, 6) is -0.752. The van der Waals surface area contributed by atoms with E-state index in [2.05, 4.69) is 31.5 Å². The summed E-state index contributed by atoms with van der Waals surface area (Å²) in [5, 5.41) is 18.7. The Morgan fingerprint density at radius 3 is 2.56 bits per heavy atom. The fourth-order valence-electron chi connectivity index (χ4n) is 5.10. The molecule has 0 unspecified atom stereocenters. The molecule has 0 radical (unpaired) electrons. The highest BCUT2D eigenvalue weighted by atomic mass is 79.9. The molecular formula is C27H25BrClN5O5. The van der Waals surface area contributed by atoms with E-state index >= 15 is 0 Å². The van der Waals surface area contributed by atoms with Crippen molar-refractivity contribution in [1.82, 2.24) is 15.2 Å². The zero-order chi connectivity index (χ0) is 27.9. The van der Waals surface area contributed by atoms with Crippen LogP contribution in [-0.4, -0.2) is 45.8 Å². The smallest absolute Gasteiger partial charge is 0.294 e. The van der Waals surface area contributed by atoms with Gasteiger partial charge in [-0.3, -0.25) is 24.5 Å². The van der Waals surface area contributed by atoms with Crippen molar-refractivity contribution >= 4 is 50.7 Å². The van der Waals surface area contributed by atoms with Gasteiger partial charge in [-0.05, 0) is 49.6 Å². The predicted molar refractivity (Wildman–Crippen MR) is 150 cm³/mol. The van der Waals surface area contributed by atoms with Crippen LogP contribution in [0.25, 0.3) is 0 Å². The number of carbonyl (C=O) groups is 2. The number of anilines is 1. The molecule has 202 valence electrons. The lowest BCUT2D eigenvalue weighted by molar-refractivity contribution is -0.384. The average molecular weight is 615 g/mol. The van der Waals surface area contributed by atoms with Gasteiger partial charge in [-0.2, -0.15) is 0 Å². The molecular weight excluding hydrogens is 590 g/mol. The Balaban J connectivity index is 1.41. The Labute approximate surface area is 237 Å². The molecule has 1 aromatic heterocycles. The Morgan fingerprint density at radius 1 is 1.21 bits per heavy atom. The number of nitrogens with zero attached hydrogens (tertiary/aromatic N) is 2. The number of hydrogen-bond donors (Lipinski definition) is 3. The molecule has 1 spiro atoms. The quantitative estimate of drug-likeness (QED) is 0.262. The van der Waals surface area contributed by atoms with Gasteiger partial charge < -0.3 is 20.5 Å². The molecule has 5 rings (SSSR count). The molecule has 1 saturated heterocycles. The van der Waals surface area contributed by atoms with Crippen molar-refractivity contribution in [3.63, 3.8) is 0 Å². The SMILES string of the molecule is Cc1cc(C(=O)N2C[C@H](Nc3c(C(=O)NCc4ccc(Cl)cc4)cc(Br)cc3[N+](=O)[O-])C3(CC3)C2)cc(=O)[nH]1. The number of nitrogens with one attached hydrogen (secondary N) is 3. The lowest BCUT2D eigenvalue weighted by Crippen LogP contribution is -2.34. The lowest BCUT2D eigenvalue weighted by Gasteiger charge is -2.22. The third kappa shape index (κ3) is 5.69. The zero-order valence-electron chi connectivity index (χ0n) is 20.9. The summed E-state index contributed by atoms with van der Waals surface area (Å²) in [6.45, 7) is 2.66. The van der Waals surface area contributed by atoms with Crippen LogP contribution in [0.3, 0.4) is 0 Å². The number of H-pyrrole nitrogens is 1. The number of carbonyl (C=O) groups excluding carboxylic acids is 2. The van der Waals surface area contributed by atoms with Crippen LogP contribution in [-0.2, 0) is 6.54 Å². The van der Waals surface area contributed by atoms with E-state index in [1.165, 1.54) is 12.1 Å². The van der Waals surface area contributed by atoms with Crippen molar-refractivity contribution < 1.29 is 14.5 Å². The standard InChI is InChI=1S/C27H25BrClN5O5/c1-15-8-17(9-23(35)31-15)26(37)33-13-22(27(14-33)6-7-27)32-24-20(10-18(28)11-21(24)34(38)39)25(36)30-12-16-2-4-19(29)5-3-16/h2-5,8-11,22,32H,6-7,12-14H2,1H3,(H,30,36)(H,31,35)/t22-/m0/s1. The van der Waals surface area contributed by atoms with Crippen LogP contribution in [0.4, 0.5) is 11.4 Å². The van der Waals surface area contributed by atoms with Crippen LogP contribution < -0.4 is 16.2 Å². The van der Waals surface area contributed by atoms with Crippen LogP contribution in [0, 0.1) is 22.5 Å². The predicted octanol–water partition coefficient (Wildman–Crippen LogP) is 4.65. The Hall–Kier alpha value is -3.70.